The van der Waals surface area contributed by atoms with Crippen LogP contribution in [-0.2, 0) is 13.2 Å². The largest absolute Gasteiger partial charge is 0.493 e. The van der Waals surface area contributed by atoms with Gasteiger partial charge in [0, 0.05) is 17.8 Å². The summed E-state index contributed by atoms with van der Waals surface area (Å²) >= 11 is 2.23. The van der Waals surface area contributed by atoms with Crippen LogP contribution in [0.5, 0.6) is 11.5 Å². The first-order valence-corrected chi connectivity index (χ1v) is 10.1. The summed E-state index contributed by atoms with van der Waals surface area (Å²) in [5, 5.41) is 3.48. The van der Waals surface area contributed by atoms with Crippen molar-refractivity contribution >= 4 is 28.3 Å². The van der Waals surface area contributed by atoms with Crippen LogP contribution in [0.1, 0.15) is 22.3 Å². The zero-order valence-electron chi connectivity index (χ0n) is 16.2. The number of nitrogens with one attached hydrogen (secondary N) is 1. The standard InChI is InChI=1S/C23H23FINO2/c1-15-8-9-16(2)21(10-15)26-13-17-11-20(25)23(22(12-17)27-3)28-14-18-6-4-5-7-19(18)24/h4-12,26H,13-14H2,1-3H3. The minimum Gasteiger partial charge on any atom is -0.493 e. The van der Waals surface area contributed by atoms with E-state index in [-0.39, 0.29) is 12.4 Å². The number of ether oxygens (including phenoxy) is 2. The lowest BCUT2D eigenvalue weighted by Crippen LogP contribution is -2.05. The lowest BCUT2D eigenvalue weighted by Gasteiger charge is -2.16. The van der Waals surface area contributed by atoms with Gasteiger partial charge in [-0.15, -0.1) is 0 Å². The van der Waals surface area contributed by atoms with Gasteiger partial charge in [0.25, 0.3) is 0 Å². The number of rotatable bonds is 7. The highest BCUT2D eigenvalue weighted by Gasteiger charge is 2.13. The second-order valence-electron chi connectivity index (χ2n) is 6.66. The zero-order chi connectivity index (χ0) is 20.1. The van der Waals surface area contributed by atoms with E-state index in [9.17, 15) is 4.39 Å². The summed E-state index contributed by atoms with van der Waals surface area (Å²) in [6.45, 7) is 4.99. The van der Waals surface area contributed by atoms with Crippen molar-refractivity contribution < 1.29 is 13.9 Å². The third-order valence-corrected chi connectivity index (χ3v) is 5.30. The van der Waals surface area contributed by atoms with Crippen molar-refractivity contribution in [2.75, 3.05) is 12.4 Å². The maximum atomic E-state index is 13.8. The molecule has 0 aliphatic heterocycles. The Labute approximate surface area is 179 Å². The molecule has 28 heavy (non-hydrogen) atoms. The molecule has 0 bridgehead atoms. The molecule has 146 valence electrons. The van der Waals surface area contributed by atoms with Crippen LogP contribution in [0.25, 0.3) is 0 Å². The van der Waals surface area contributed by atoms with E-state index >= 15 is 0 Å². The van der Waals surface area contributed by atoms with Crippen LogP contribution < -0.4 is 14.8 Å². The number of hydrogen-bond acceptors (Lipinski definition) is 3. The first-order valence-electron chi connectivity index (χ1n) is 9.01. The van der Waals surface area contributed by atoms with Crippen molar-refractivity contribution in [1.82, 2.24) is 0 Å². The SMILES string of the molecule is COc1cc(CNc2cc(C)ccc2C)cc(I)c1OCc1ccccc1F. The Morgan fingerprint density at radius 1 is 1.04 bits per heavy atom. The molecule has 3 nitrogen and oxygen atoms in total. The average Bonchev–Trinajstić information content (AvgIpc) is 2.68. The number of aryl methyl sites for hydroxylation is 2. The molecule has 3 rings (SSSR count). The molecule has 0 spiro atoms. The summed E-state index contributed by atoms with van der Waals surface area (Å²) in [5.41, 5.74) is 5.14. The third-order valence-electron chi connectivity index (χ3n) is 4.50. The molecule has 1 N–H and O–H groups in total. The molecule has 0 aliphatic rings. The van der Waals surface area contributed by atoms with E-state index in [2.05, 4.69) is 66.0 Å². The van der Waals surface area contributed by atoms with E-state index < -0.39 is 0 Å². The van der Waals surface area contributed by atoms with Gasteiger partial charge in [-0.2, -0.15) is 0 Å². The number of halogens is 2. The van der Waals surface area contributed by atoms with Crippen LogP contribution in [0.2, 0.25) is 0 Å². The van der Waals surface area contributed by atoms with E-state index in [4.69, 9.17) is 9.47 Å². The van der Waals surface area contributed by atoms with E-state index in [1.54, 1.807) is 25.3 Å². The predicted octanol–water partition coefficient (Wildman–Crippen LogP) is 6.25. The molecule has 3 aromatic rings. The van der Waals surface area contributed by atoms with Crippen molar-refractivity contribution in [2.24, 2.45) is 0 Å². The first-order chi connectivity index (χ1) is 13.5. The number of hydrogen-bond donors (Lipinski definition) is 1. The maximum Gasteiger partial charge on any atom is 0.174 e. The van der Waals surface area contributed by atoms with Crippen molar-refractivity contribution in [3.63, 3.8) is 0 Å². The van der Waals surface area contributed by atoms with Crippen LogP contribution in [0.4, 0.5) is 10.1 Å². The Bertz CT molecular complexity index is 975. The van der Waals surface area contributed by atoms with Crippen LogP contribution >= 0.6 is 22.6 Å². The molecule has 5 heteroatoms. The molecule has 0 saturated carbocycles. The summed E-state index contributed by atoms with van der Waals surface area (Å²) in [5.74, 6) is 0.994. The van der Waals surface area contributed by atoms with Crippen molar-refractivity contribution in [3.8, 4) is 11.5 Å². The van der Waals surface area contributed by atoms with Gasteiger partial charge in [0.15, 0.2) is 11.5 Å². The van der Waals surface area contributed by atoms with E-state index in [1.165, 1.54) is 17.2 Å². The van der Waals surface area contributed by atoms with Crippen LogP contribution in [0.3, 0.4) is 0 Å². The predicted molar refractivity (Wildman–Crippen MR) is 120 cm³/mol. The Morgan fingerprint density at radius 3 is 2.57 bits per heavy atom. The van der Waals surface area contributed by atoms with E-state index in [0.29, 0.717) is 23.6 Å². The topological polar surface area (TPSA) is 30.5 Å². The Kier molecular flexibility index (Phi) is 6.78. The lowest BCUT2D eigenvalue weighted by atomic mass is 10.1. The molecule has 3 aromatic carbocycles. The van der Waals surface area contributed by atoms with Gasteiger partial charge in [-0.25, -0.2) is 4.39 Å². The van der Waals surface area contributed by atoms with Crippen molar-refractivity contribution in [1.29, 1.82) is 0 Å². The fraction of sp³-hybridized carbons (Fsp3) is 0.217. The molecular weight excluding hydrogens is 468 g/mol. The van der Waals surface area contributed by atoms with Crippen LogP contribution in [0.15, 0.2) is 54.6 Å². The van der Waals surface area contributed by atoms with Crippen LogP contribution in [-0.4, -0.2) is 7.11 Å². The fourth-order valence-corrected chi connectivity index (χ4v) is 3.73. The third kappa shape index (κ3) is 4.95. The fourth-order valence-electron chi connectivity index (χ4n) is 2.90. The molecule has 0 heterocycles. The van der Waals surface area contributed by atoms with E-state index in [0.717, 1.165) is 14.8 Å². The molecule has 0 unspecified atom stereocenters. The Morgan fingerprint density at radius 2 is 1.82 bits per heavy atom. The minimum absolute atomic E-state index is 0.152. The highest BCUT2D eigenvalue weighted by atomic mass is 127. The zero-order valence-corrected chi connectivity index (χ0v) is 18.3. The second-order valence-corrected chi connectivity index (χ2v) is 7.82. The van der Waals surface area contributed by atoms with Gasteiger partial charge >= 0.3 is 0 Å². The van der Waals surface area contributed by atoms with Crippen molar-refractivity contribution in [2.45, 2.75) is 27.0 Å². The van der Waals surface area contributed by atoms with Gasteiger partial charge in [-0.05, 0) is 77.4 Å². The molecule has 0 aromatic heterocycles. The molecule has 0 atom stereocenters. The molecular formula is C23H23FINO2. The van der Waals surface area contributed by atoms with Crippen LogP contribution in [0, 0.1) is 23.2 Å². The summed E-state index contributed by atoms with van der Waals surface area (Å²) in [7, 11) is 1.61. The number of anilines is 1. The monoisotopic (exact) mass is 491 g/mol. The normalized spacial score (nSPS) is 10.6. The van der Waals surface area contributed by atoms with Gasteiger partial charge in [0.05, 0.1) is 10.7 Å². The second kappa shape index (κ2) is 9.28. The summed E-state index contributed by atoms with van der Waals surface area (Å²) in [6.07, 6.45) is 0. The minimum atomic E-state index is -0.272. The Balaban J connectivity index is 1.75. The van der Waals surface area contributed by atoms with Gasteiger partial charge < -0.3 is 14.8 Å². The molecule has 0 amide bonds. The van der Waals surface area contributed by atoms with E-state index in [1.807, 2.05) is 6.07 Å². The van der Waals surface area contributed by atoms with Crippen molar-refractivity contribution in [3.05, 3.63) is 86.2 Å². The highest BCUT2D eigenvalue weighted by molar-refractivity contribution is 14.1. The van der Waals surface area contributed by atoms with Gasteiger partial charge in [0.1, 0.15) is 12.4 Å². The quantitative estimate of drug-likeness (QED) is 0.397. The summed E-state index contributed by atoms with van der Waals surface area (Å²) in [6, 6.07) is 17.0. The van der Waals surface area contributed by atoms with Gasteiger partial charge in [0.2, 0.25) is 0 Å². The number of benzene rings is 3. The average molecular weight is 491 g/mol. The smallest absolute Gasteiger partial charge is 0.174 e. The molecule has 0 fully saturated rings. The highest BCUT2D eigenvalue weighted by Crippen LogP contribution is 2.35. The first kappa shape index (κ1) is 20.5. The van der Waals surface area contributed by atoms with Gasteiger partial charge in [-0.3, -0.25) is 0 Å². The summed E-state index contributed by atoms with van der Waals surface area (Å²) in [4.78, 5) is 0. The molecule has 0 saturated heterocycles. The molecule has 0 radical (unpaired) electrons. The Hall–Kier alpha value is -2.28. The maximum absolute atomic E-state index is 13.8. The lowest BCUT2D eigenvalue weighted by molar-refractivity contribution is 0.277. The molecule has 0 aliphatic carbocycles. The number of methoxy groups -OCH3 is 1. The summed E-state index contributed by atoms with van der Waals surface area (Å²) < 4.78 is 26.2. The van der Waals surface area contributed by atoms with Gasteiger partial charge in [-0.1, -0.05) is 30.3 Å².